The van der Waals surface area contributed by atoms with Gasteiger partial charge in [0.15, 0.2) is 5.76 Å². The largest absolute Gasteiger partial charge is 0.479 e. The van der Waals surface area contributed by atoms with Gasteiger partial charge in [-0.3, -0.25) is 0 Å². The molecule has 172 valence electrons. The maximum Gasteiger partial charge on any atom is 0.318 e. The predicted octanol–water partition coefficient (Wildman–Crippen LogP) is 3.94. The third-order valence-electron chi connectivity index (χ3n) is 6.01. The first kappa shape index (κ1) is 21.7. The van der Waals surface area contributed by atoms with E-state index in [1.54, 1.807) is 12.3 Å². The molecule has 3 aromatic rings. The van der Waals surface area contributed by atoms with Crippen molar-refractivity contribution in [3.05, 3.63) is 52.8 Å². The highest BCUT2D eigenvalue weighted by Gasteiger charge is 2.39. The molecule has 1 aliphatic carbocycles. The number of nitrogens with one attached hydrogen (secondary N) is 1. The minimum atomic E-state index is -0.235. The van der Waals surface area contributed by atoms with Crippen LogP contribution in [-0.2, 0) is 6.54 Å². The lowest BCUT2D eigenvalue weighted by atomic mass is 10.0. The summed E-state index contributed by atoms with van der Waals surface area (Å²) >= 11 is 3.47. The first-order valence-electron chi connectivity index (χ1n) is 11.1. The molecule has 1 atom stereocenters. The number of amides is 2. The van der Waals surface area contributed by atoms with Crippen LogP contribution in [0.25, 0.3) is 11.3 Å². The number of halogens is 1. The van der Waals surface area contributed by atoms with Crippen molar-refractivity contribution in [2.75, 3.05) is 18.0 Å². The van der Waals surface area contributed by atoms with Gasteiger partial charge in [-0.1, -0.05) is 33.2 Å². The maximum absolute atomic E-state index is 13.2. The van der Waals surface area contributed by atoms with Gasteiger partial charge >= 0.3 is 12.0 Å². The summed E-state index contributed by atoms with van der Waals surface area (Å²) in [7, 11) is 0. The average molecular weight is 513 g/mol. The van der Waals surface area contributed by atoms with E-state index in [0.29, 0.717) is 18.1 Å². The molecule has 0 bridgehead atoms. The third kappa shape index (κ3) is 5.11. The Kier molecular flexibility index (Phi) is 6.17. The fourth-order valence-electron chi connectivity index (χ4n) is 4.32. The molecular weight excluding hydrogens is 488 g/mol. The van der Waals surface area contributed by atoms with Crippen LogP contribution in [0.5, 0.6) is 6.01 Å². The molecule has 2 aromatic heterocycles. The lowest BCUT2D eigenvalue weighted by Crippen LogP contribution is -2.54. The summed E-state index contributed by atoms with van der Waals surface area (Å²) in [5.41, 5.74) is 1.68. The Morgan fingerprint density at radius 1 is 1.24 bits per heavy atom. The van der Waals surface area contributed by atoms with E-state index in [2.05, 4.69) is 41.3 Å². The predicted molar refractivity (Wildman–Crippen MR) is 126 cm³/mol. The Morgan fingerprint density at radius 2 is 2.12 bits per heavy atom. The summed E-state index contributed by atoms with van der Waals surface area (Å²) < 4.78 is 6.42. The van der Waals surface area contributed by atoms with Gasteiger partial charge < -0.3 is 24.7 Å². The molecule has 2 amide bonds. The van der Waals surface area contributed by atoms with Crippen molar-refractivity contribution in [2.45, 2.75) is 44.3 Å². The fraction of sp³-hybridized carbons (Fsp3) is 0.391. The SMILES string of the molecule is O=C(NCc1cc(-c2cccc(Br)c2)no1)N(C1CC1)[C@@H]1CCCN(c2ccnc(O)n2)C1. The van der Waals surface area contributed by atoms with E-state index in [0.717, 1.165) is 48.0 Å². The number of anilines is 1. The molecule has 5 rings (SSSR count). The standard InChI is InChI=1S/C23H25BrN6O3/c24-16-4-1-3-15(11-16)20-12-19(33-28-20)13-26-23(32)30(17-6-7-17)18-5-2-10-29(14-18)21-8-9-25-22(31)27-21/h1,3-4,8-9,11-12,17-18H,2,5-7,10,13-14H2,(H,26,32)(H,25,27,31)/t18-/m1/s1. The Hall–Kier alpha value is -3.14. The normalized spacial score (nSPS) is 18.2. The number of piperidine rings is 1. The van der Waals surface area contributed by atoms with E-state index >= 15 is 0 Å². The lowest BCUT2D eigenvalue weighted by molar-refractivity contribution is 0.159. The molecule has 0 unspecified atom stereocenters. The maximum atomic E-state index is 13.2. The average Bonchev–Trinajstić information content (AvgIpc) is 3.53. The zero-order valence-electron chi connectivity index (χ0n) is 18.0. The quantitative estimate of drug-likeness (QED) is 0.514. The van der Waals surface area contributed by atoms with Gasteiger partial charge in [0, 0.05) is 41.4 Å². The second-order valence-electron chi connectivity index (χ2n) is 8.44. The van der Waals surface area contributed by atoms with Crippen LogP contribution in [0.2, 0.25) is 0 Å². The zero-order chi connectivity index (χ0) is 22.8. The molecule has 10 heteroatoms. The summed E-state index contributed by atoms with van der Waals surface area (Å²) in [6.07, 6.45) is 5.48. The monoisotopic (exact) mass is 512 g/mol. The Bertz CT molecular complexity index is 1130. The highest BCUT2D eigenvalue weighted by atomic mass is 79.9. The van der Waals surface area contributed by atoms with Crippen molar-refractivity contribution in [1.82, 2.24) is 25.3 Å². The van der Waals surface area contributed by atoms with Gasteiger partial charge in [-0.2, -0.15) is 4.98 Å². The van der Waals surface area contributed by atoms with Crippen molar-refractivity contribution < 1.29 is 14.4 Å². The topological polar surface area (TPSA) is 108 Å². The molecule has 9 nitrogen and oxygen atoms in total. The van der Waals surface area contributed by atoms with Crippen LogP contribution in [0, 0.1) is 0 Å². The second-order valence-corrected chi connectivity index (χ2v) is 9.36. The zero-order valence-corrected chi connectivity index (χ0v) is 19.6. The van der Waals surface area contributed by atoms with E-state index in [4.69, 9.17) is 4.52 Å². The van der Waals surface area contributed by atoms with E-state index in [1.165, 1.54) is 0 Å². The molecule has 2 aliphatic rings. The summed E-state index contributed by atoms with van der Waals surface area (Å²) in [5.74, 6) is 1.29. The van der Waals surface area contributed by atoms with Crippen LogP contribution in [0.1, 0.15) is 31.4 Å². The van der Waals surface area contributed by atoms with Crippen molar-refractivity contribution in [3.8, 4) is 17.3 Å². The molecule has 3 heterocycles. The lowest BCUT2D eigenvalue weighted by Gasteiger charge is -2.40. The summed E-state index contributed by atoms with van der Waals surface area (Å²) in [6.45, 7) is 1.79. The molecule has 2 fully saturated rings. The third-order valence-corrected chi connectivity index (χ3v) is 6.50. The summed E-state index contributed by atoms with van der Waals surface area (Å²) in [5, 5.41) is 16.8. The molecule has 33 heavy (non-hydrogen) atoms. The molecule has 1 aromatic carbocycles. The van der Waals surface area contributed by atoms with Crippen molar-refractivity contribution in [3.63, 3.8) is 0 Å². The van der Waals surface area contributed by atoms with Crippen LogP contribution in [0.4, 0.5) is 10.6 Å². The van der Waals surface area contributed by atoms with E-state index in [1.807, 2.05) is 35.2 Å². The molecule has 1 aliphatic heterocycles. The smallest absolute Gasteiger partial charge is 0.318 e. The van der Waals surface area contributed by atoms with Crippen molar-refractivity contribution >= 4 is 27.8 Å². The number of benzene rings is 1. The van der Waals surface area contributed by atoms with Gasteiger partial charge in [0.2, 0.25) is 0 Å². The minimum Gasteiger partial charge on any atom is -0.479 e. The van der Waals surface area contributed by atoms with Crippen molar-refractivity contribution in [2.24, 2.45) is 0 Å². The first-order chi connectivity index (χ1) is 16.1. The van der Waals surface area contributed by atoms with Gasteiger partial charge in [0.05, 0.1) is 12.6 Å². The Morgan fingerprint density at radius 3 is 2.91 bits per heavy atom. The number of aromatic hydroxyl groups is 1. The fourth-order valence-corrected chi connectivity index (χ4v) is 4.72. The van der Waals surface area contributed by atoms with Crippen LogP contribution in [0.3, 0.4) is 0 Å². The number of carbonyl (C=O) groups excluding carboxylic acids is 1. The van der Waals surface area contributed by atoms with E-state index in [9.17, 15) is 9.90 Å². The van der Waals surface area contributed by atoms with E-state index in [-0.39, 0.29) is 30.7 Å². The van der Waals surface area contributed by atoms with Gasteiger partial charge in [0.1, 0.15) is 11.5 Å². The number of hydrogen-bond donors (Lipinski definition) is 2. The molecule has 1 saturated carbocycles. The number of carbonyl (C=O) groups is 1. The molecule has 0 radical (unpaired) electrons. The van der Waals surface area contributed by atoms with Crippen molar-refractivity contribution in [1.29, 1.82) is 0 Å². The molecule has 2 N–H and O–H groups in total. The number of urea groups is 1. The van der Waals surface area contributed by atoms with Gasteiger partial charge in [-0.15, -0.1) is 0 Å². The van der Waals surface area contributed by atoms with Crippen LogP contribution >= 0.6 is 15.9 Å². The number of hydrogen-bond acceptors (Lipinski definition) is 7. The van der Waals surface area contributed by atoms with Gasteiger partial charge in [-0.05, 0) is 43.9 Å². The Labute approximate surface area is 199 Å². The number of rotatable bonds is 6. The molecule has 1 saturated heterocycles. The minimum absolute atomic E-state index is 0.0790. The van der Waals surface area contributed by atoms with Crippen LogP contribution in [-0.4, -0.2) is 56.3 Å². The van der Waals surface area contributed by atoms with Gasteiger partial charge in [0.25, 0.3) is 0 Å². The number of nitrogens with zero attached hydrogens (tertiary/aromatic N) is 5. The summed E-state index contributed by atoms with van der Waals surface area (Å²) in [4.78, 5) is 25.2. The molecule has 0 spiro atoms. The number of aromatic nitrogens is 3. The summed E-state index contributed by atoms with van der Waals surface area (Å²) in [6, 6.07) is 11.5. The molecular formula is C23H25BrN6O3. The van der Waals surface area contributed by atoms with Gasteiger partial charge in [-0.25, -0.2) is 9.78 Å². The van der Waals surface area contributed by atoms with Crippen LogP contribution < -0.4 is 10.2 Å². The highest BCUT2D eigenvalue weighted by molar-refractivity contribution is 9.10. The van der Waals surface area contributed by atoms with Crippen LogP contribution in [0.15, 0.2) is 51.6 Å². The first-order valence-corrected chi connectivity index (χ1v) is 11.9. The Balaban J connectivity index is 1.23. The second kappa shape index (κ2) is 9.38. The highest BCUT2D eigenvalue weighted by Crippen LogP contribution is 2.32. The van der Waals surface area contributed by atoms with E-state index < -0.39 is 0 Å².